The molecule has 0 amide bonds. The molecular formula is C22H14F2N2O3. The van der Waals surface area contributed by atoms with Crippen molar-refractivity contribution in [2.75, 3.05) is 12.4 Å². The van der Waals surface area contributed by atoms with Crippen LogP contribution in [-0.4, -0.2) is 16.7 Å². The monoisotopic (exact) mass is 392 g/mol. The Hall–Kier alpha value is -3.87. The van der Waals surface area contributed by atoms with Crippen LogP contribution in [0.2, 0.25) is 0 Å². The highest BCUT2D eigenvalue weighted by atomic mass is 19.2. The van der Waals surface area contributed by atoms with Crippen LogP contribution in [0.25, 0.3) is 33.1 Å². The Morgan fingerprint density at radius 1 is 1.17 bits per heavy atom. The molecule has 1 aliphatic rings. The van der Waals surface area contributed by atoms with Gasteiger partial charge in [-0.1, -0.05) is 30.8 Å². The predicted octanol–water partition coefficient (Wildman–Crippen LogP) is 5.10. The molecule has 5 rings (SSSR count). The summed E-state index contributed by atoms with van der Waals surface area (Å²) >= 11 is 0. The van der Waals surface area contributed by atoms with E-state index in [1.165, 1.54) is 17.8 Å². The first-order valence-corrected chi connectivity index (χ1v) is 8.79. The number of fused-ring (bicyclic) bond motifs is 3. The lowest BCUT2D eigenvalue weighted by Crippen LogP contribution is -2.19. The van der Waals surface area contributed by atoms with Gasteiger partial charge in [0.15, 0.2) is 17.3 Å². The fourth-order valence-corrected chi connectivity index (χ4v) is 3.80. The second-order valence-electron chi connectivity index (χ2n) is 6.76. The maximum absolute atomic E-state index is 14.9. The third kappa shape index (κ3) is 2.21. The van der Waals surface area contributed by atoms with E-state index in [-0.39, 0.29) is 27.9 Å². The van der Waals surface area contributed by atoms with E-state index >= 15 is 0 Å². The van der Waals surface area contributed by atoms with Crippen LogP contribution in [0.1, 0.15) is 5.56 Å². The third-order valence-corrected chi connectivity index (χ3v) is 5.14. The molecule has 0 bridgehead atoms. The van der Waals surface area contributed by atoms with Crippen molar-refractivity contribution >= 4 is 33.1 Å². The van der Waals surface area contributed by atoms with Crippen molar-refractivity contribution in [2.45, 2.75) is 0 Å². The normalized spacial score (nSPS) is 12.0. The number of aliphatic hydroxyl groups excluding tert-OH is 1. The lowest BCUT2D eigenvalue weighted by Gasteiger charge is -2.26. The van der Waals surface area contributed by atoms with Gasteiger partial charge in [0.1, 0.15) is 11.3 Å². The molecule has 2 heterocycles. The summed E-state index contributed by atoms with van der Waals surface area (Å²) in [4.78, 5) is 13.0. The van der Waals surface area contributed by atoms with Crippen LogP contribution < -0.4 is 15.5 Å². The molecule has 5 nitrogen and oxygen atoms in total. The van der Waals surface area contributed by atoms with E-state index in [2.05, 4.69) is 11.9 Å². The minimum atomic E-state index is -1.23. The van der Waals surface area contributed by atoms with Crippen molar-refractivity contribution in [3.8, 4) is 17.2 Å². The second-order valence-corrected chi connectivity index (χ2v) is 6.76. The molecule has 7 heteroatoms. The van der Waals surface area contributed by atoms with E-state index in [1.807, 2.05) is 30.3 Å². The zero-order valence-electron chi connectivity index (χ0n) is 15.2. The third-order valence-electron chi connectivity index (χ3n) is 5.14. The Balaban J connectivity index is 2.04. The van der Waals surface area contributed by atoms with Gasteiger partial charge in [0.25, 0.3) is 0 Å². The maximum Gasteiger partial charge on any atom is 0.205 e. The van der Waals surface area contributed by atoms with Gasteiger partial charge >= 0.3 is 0 Å². The van der Waals surface area contributed by atoms with Crippen LogP contribution in [0.15, 0.2) is 54.0 Å². The van der Waals surface area contributed by atoms with Crippen LogP contribution in [-0.2, 0) is 0 Å². The Kier molecular flexibility index (Phi) is 3.46. The van der Waals surface area contributed by atoms with Crippen LogP contribution in [0.3, 0.4) is 0 Å². The highest BCUT2D eigenvalue weighted by Crippen LogP contribution is 2.45. The molecule has 0 radical (unpaired) electrons. The number of rotatable bonds is 2. The van der Waals surface area contributed by atoms with Crippen molar-refractivity contribution in [1.29, 1.82) is 0 Å². The molecule has 4 aromatic rings. The van der Waals surface area contributed by atoms with Gasteiger partial charge in [0, 0.05) is 13.2 Å². The molecule has 0 unspecified atom stereocenters. The summed E-state index contributed by atoms with van der Waals surface area (Å²) in [5.74, 6) is -2.99. The van der Waals surface area contributed by atoms with E-state index in [9.17, 15) is 18.7 Å². The summed E-state index contributed by atoms with van der Waals surface area (Å²) in [5.41, 5.74) is -0.508. The van der Waals surface area contributed by atoms with Crippen molar-refractivity contribution in [3.05, 3.63) is 76.6 Å². The van der Waals surface area contributed by atoms with Gasteiger partial charge in [0.2, 0.25) is 11.2 Å². The number of anilines is 1. The summed E-state index contributed by atoms with van der Waals surface area (Å²) in [6.07, 6.45) is 1.36. The SMILES string of the molecule is C=C(O)c1cn2c3c(c(F)c(F)c(NC)c3c1=O)Oc1cc3ccccc3cc1-2. The number of nitrogens with zero attached hydrogens (tertiary/aromatic N) is 1. The number of aliphatic hydroxyl groups is 1. The first-order valence-electron chi connectivity index (χ1n) is 8.79. The van der Waals surface area contributed by atoms with Crippen molar-refractivity contribution < 1.29 is 18.6 Å². The molecule has 0 saturated heterocycles. The molecule has 2 N–H and O–H groups in total. The van der Waals surface area contributed by atoms with Crippen molar-refractivity contribution in [1.82, 2.24) is 4.57 Å². The molecule has 144 valence electrons. The highest BCUT2D eigenvalue weighted by Gasteiger charge is 2.31. The molecule has 0 spiro atoms. The van der Waals surface area contributed by atoms with E-state index < -0.39 is 22.8 Å². The summed E-state index contributed by atoms with van der Waals surface area (Å²) in [7, 11) is 1.38. The number of hydrogen-bond donors (Lipinski definition) is 2. The predicted molar refractivity (Wildman–Crippen MR) is 108 cm³/mol. The van der Waals surface area contributed by atoms with Crippen molar-refractivity contribution in [3.63, 3.8) is 0 Å². The number of pyridine rings is 1. The maximum atomic E-state index is 14.9. The van der Waals surface area contributed by atoms with Gasteiger partial charge in [0.05, 0.1) is 22.3 Å². The largest absolute Gasteiger partial charge is 0.508 e. The van der Waals surface area contributed by atoms with Gasteiger partial charge in [-0.3, -0.25) is 4.79 Å². The minimum Gasteiger partial charge on any atom is -0.508 e. The Morgan fingerprint density at radius 2 is 1.86 bits per heavy atom. The molecule has 0 saturated carbocycles. The smallest absolute Gasteiger partial charge is 0.205 e. The zero-order chi connectivity index (χ0) is 20.4. The number of benzene rings is 3. The van der Waals surface area contributed by atoms with Gasteiger partial charge in [-0.25, -0.2) is 4.39 Å². The summed E-state index contributed by atoms with van der Waals surface area (Å²) in [5, 5.41) is 14.1. The molecule has 3 aromatic carbocycles. The van der Waals surface area contributed by atoms with E-state index in [4.69, 9.17) is 4.74 Å². The Bertz CT molecular complexity index is 1440. The molecular weight excluding hydrogens is 378 g/mol. The highest BCUT2D eigenvalue weighted by molar-refractivity contribution is 6.00. The fourth-order valence-electron chi connectivity index (χ4n) is 3.80. The number of aromatic nitrogens is 1. The zero-order valence-corrected chi connectivity index (χ0v) is 15.2. The second kappa shape index (κ2) is 5.81. The first-order chi connectivity index (χ1) is 13.9. The van der Waals surface area contributed by atoms with Crippen LogP contribution in [0.5, 0.6) is 11.5 Å². The fraction of sp³-hybridized carbons (Fsp3) is 0.0455. The van der Waals surface area contributed by atoms with Gasteiger partial charge < -0.3 is 19.7 Å². The number of hydrogen-bond acceptors (Lipinski definition) is 4. The number of halogens is 2. The Morgan fingerprint density at radius 3 is 2.52 bits per heavy atom. The molecule has 0 fully saturated rings. The van der Waals surface area contributed by atoms with Crippen LogP contribution in [0, 0.1) is 11.6 Å². The van der Waals surface area contributed by atoms with E-state index in [1.54, 1.807) is 6.07 Å². The average molecular weight is 392 g/mol. The minimum absolute atomic E-state index is 0.0750. The van der Waals surface area contributed by atoms with Gasteiger partial charge in [-0.05, 0) is 22.9 Å². The molecule has 1 aromatic heterocycles. The van der Waals surface area contributed by atoms with E-state index in [0.717, 1.165) is 10.8 Å². The lowest BCUT2D eigenvalue weighted by molar-refractivity contribution is 0.414. The van der Waals surface area contributed by atoms with Gasteiger partial charge in [-0.2, -0.15) is 4.39 Å². The molecule has 1 aliphatic heterocycles. The average Bonchev–Trinajstić information content (AvgIpc) is 2.71. The van der Waals surface area contributed by atoms with Crippen LogP contribution >= 0.6 is 0 Å². The summed E-state index contributed by atoms with van der Waals surface area (Å²) < 4.78 is 36.9. The summed E-state index contributed by atoms with van der Waals surface area (Å²) in [6.45, 7) is 3.43. The molecule has 29 heavy (non-hydrogen) atoms. The van der Waals surface area contributed by atoms with E-state index in [0.29, 0.717) is 11.4 Å². The topological polar surface area (TPSA) is 63.5 Å². The number of nitrogens with one attached hydrogen (secondary N) is 1. The quantitative estimate of drug-likeness (QED) is 0.411. The summed E-state index contributed by atoms with van der Waals surface area (Å²) in [6, 6.07) is 11.0. The standard InChI is InChI=1S/C22H14F2N2O3/c1-10(27)13-9-26-14-7-11-5-3-4-6-12(11)8-15(14)29-22-18(24)17(23)19(25-2)16(20(22)26)21(13)28/h3-9,25,27H,1H2,2H3. The van der Waals surface area contributed by atoms with Gasteiger partial charge in [-0.15, -0.1) is 0 Å². The molecule has 0 atom stereocenters. The Labute approximate surface area is 163 Å². The number of ether oxygens (including phenoxy) is 1. The van der Waals surface area contributed by atoms with Crippen LogP contribution in [0.4, 0.5) is 14.5 Å². The molecule has 0 aliphatic carbocycles. The first kappa shape index (κ1) is 17.2. The van der Waals surface area contributed by atoms with Crippen molar-refractivity contribution in [2.24, 2.45) is 0 Å². The lowest BCUT2D eigenvalue weighted by atomic mass is 10.0.